The molecule has 1 fully saturated rings. The third-order valence-corrected chi connectivity index (χ3v) is 5.40. The Bertz CT molecular complexity index is 840. The first-order chi connectivity index (χ1) is 11.0. The first-order valence-corrected chi connectivity index (χ1v) is 8.58. The Labute approximate surface area is 145 Å². The van der Waals surface area contributed by atoms with Crippen LogP contribution in [0.15, 0.2) is 41.3 Å². The smallest absolute Gasteiger partial charge is 0.268 e. The predicted molar refractivity (Wildman–Crippen MR) is 97.8 cm³/mol. The van der Waals surface area contributed by atoms with Crippen molar-refractivity contribution in [3.63, 3.8) is 0 Å². The molecular formula is C15H10N2O3S3. The van der Waals surface area contributed by atoms with Gasteiger partial charge in [0.05, 0.1) is 15.5 Å². The van der Waals surface area contributed by atoms with Crippen LogP contribution < -0.4 is 4.90 Å². The Kier molecular flexibility index (Phi) is 4.29. The van der Waals surface area contributed by atoms with Crippen molar-refractivity contribution in [2.45, 2.75) is 6.92 Å². The standard InChI is InChI=1S/C15H10N2O3S3/c1-9-2-7-12(22-9)8-13-14(18)16(15(21)23-13)10-3-5-11(6-4-10)17(19)20/h2-8H,1H3. The first kappa shape index (κ1) is 15.9. The average Bonchev–Trinajstić information content (AvgIpc) is 3.03. The van der Waals surface area contributed by atoms with Crippen molar-refractivity contribution in [1.29, 1.82) is 0 Å². The fourth-order valence-corrected chi connectivity index (χ4v) is 4.26. The van der Waals surface area contributed by atoms with E-state index in [4.69, 9.17) is 12.2 Å². The summed E-state index contributed by atoms with van der Waals surface area (Å²) >= 11 is 8.11. The lowest BCUT2D eigenvalue weighted by molar-refractivity contribution is -0.384. The number of thiophene rings is 1. The van der Waals surface area contributed by atoms with Crippen LogP contribution in [0.4, 0.5) is 11.4 Å². The number of hydrogen-bond acceptors (Lipinski definition) is 6. The Morgan fingerprint density at radius 1 is 1.22 bits per heavy atom. The van der Waals surface area contributed by atoms with Gasteiger partial charge in [-0.2, -0.15) is 0 Å². The molecule has 0 radical (unpaired) electrons. The van der Waals surface area contributed by atoms with Crippen molar-refractivity contribution in [2.75, 3.05) is 4.90 Å². The Balaban J connectivity index is 1.89. The molecule has 0 atom stereocenters. The predicted octanol–water partition coefficient (Wildman–Crippen LogP) is 4.37. The van der Waals surface area contributed by atoms with Gasteiger partial charge in [0.1, 0.15) is 0 Å². The summed E-state index contributed by atoms with van der Waals surface area (Å²) in [5.41, 5.74) is 0.507. The third kappa shape index (κ3) is 3.19. The lowest BCUT2D eigenvalue weighted by Gasteiger charge is -2.13. The van der Waals surface area contributed by atoms with Gasteiger partial charge in [-0.3, -0.25) is 19.8 Å². The number of thiocarbonyl (C=S) groups is 1. The summed E-state index contributed by atoms with van der Waals surface area (Å²) in [6, 6.07) is 9.73. The minimum absolute atomic E-state index is 0.0243. The van der Waals surface area contributed by atoms with Crippen LogP contribution in [0.25, 0.3) is 6.08 Å². The van der Waals surface area contributed by atoms with E-state index in [0.717, 1.165) is 4.88 Å². The summed E-state index contributed by atoms with van der Waals surface area (Å²) in [4.78, 5) is 26.9. The highest BCUT2D eigenvalue weighted by molar-refractivity contribution is 8.27. The fraction of sp³-hybridized carbons (Fsp3) is 0.0667. The highest BCUT2D eigenvalue weighted by atomic mass is 32.2. The molecule has 1 aliphatic heterocycles. The molecule has 2 heterocycles. The molecule has 23 heavy (non-hydrogen) atoms. The number of rotatable bonds is 3. The molecule has 3 rings (SSSR count). The number of nitro benzene ring substituents is 1. The van der Waals surface area contributed by atoms with E-state index in [1.54, 1.807) is 11.3 Å². The Morgan fingerprint density at radius 3 is 2.48 bits per heavy atom. The van der Waals surface area contributed by atoms with Gasteiger partial charge in [0.25, 0.3) is 11.6 Å². The largest absolute Gasteiger partial charge is 0.270 e. The molecule has 1 aromatic heterocycles. The normalized spacial score (nSPS) is 16.4. The number of carbonyl (C=O) groups is 1. The molecular weight excluding hydrogens is 352 g/mol. The summed E-state index contributed by atoms with van der Waals surface area (Å²) in [6.45, 7) is 2.00. The molecule has 0 unspecified atom stereocenters. The number of nitrogens with zero attached hydrogens (tertiary/aromatic N) is 2. The molecule has 1 aromatic carbocycles. The molecule has 0 saturated carbocycles. The van der Waals surface area contributed by atoms with Crippen molar-refractivity contribution in [1.82, 2.24) is 0 Å². The topological polar surface area (TPSA) is 63.4 Å². The second kappa shape index (κ2) is 6.23. The summed E-state index contributed by atoms with van der Waals surface area (Å²) < 4.78 is 0.420. The minimum atomic E-state index is -0.479. The van der Waals surface area contributed by atoms with Crippen LogP contribution in [0.5, 0.6) is 0 Å². The van der Waals surface area contributed by atoms with Crippen LogP contribution in [0.3, 0.4) is 0 Å². The van der Waals surface area contributed by atoms with Gasteiger partial charge >= 0.3 is 0 Å². The monoisotopic (exact) mass is 362 g/mol. The number of hydrogen-bond donors (Lipinski definition) is 0. The molecule has 1 aliphatic rings. The van der Waals surface area contributed by atoms with Gasteiger partial charge in [-0.15, -0.1) is 11.3 Å². The van der Waals surface area contributed by atoms with E-state index in [9.17, 15) is 14.9 Å². The van der Waals surface area contributed by atoms with E-state index in [0.29, 0.717) is 14.9 Å². The third-order valence-electron chi connectivity index (χ3n) is 3.15. The SMILES string of the molecule is Cc1ccc(C=C2SC(=S)N(c3ccc([N+](=O)[O-])cc3)C2=O)s1. The number of non-ortho nitro benzene ring substituents is 1. The lowest BCUT2D eigenvalue weighted by atomic mass is 10.2. The second-order valence-corrected chi connectivity index (χ2v) is 7.73. The van der Waals surface area contributed by atoms with E-state index >= 15 is 0 Å². The van der Waals surface area contributed by atoms with Gasteiger partial charge in [0, 0.05) is 21.9 Å². The maximum Gasteiger partial charge on any atom is 0.270 e. The van der Waals surface area contributed by atoms with Gasteiger partial charge < -0.3 is 0 Å². The zero-order valence-corrected chi connectivity index (χ0v) is 14.3. The highest BCUT2D eigenvalue weighted by Gasteiger charge is 2.33. The van der Waals surface area contributed by atoms with Crippen molar-refractivity contribution in [2.24, 2.45) is 0 Å². The molecule has 8 heteroatoms. The maximum atomic E-state index is 12.6. The molecule has 1 amide bonds. The van der Waals surface area contributed by atoms with E-state index < -0.39 is 4.92 Å². The number of thioether (sulfide) groups is 1. The van der Waals surface area contributed by atoms with Crippen molar-refractivity contribution >= 4 is 63.0 Å². The van der Waals surface area contributed by atoms with Gasteiger partial charge in [0.15, 0.2) is 4.32 Å². The number of nitro groups is 1. The number of benzene rings is 1. The Hall–Kier alpha value is -2.03. The fourth-order valence-electron chi connectivity index (χ4n) is 2.07. The van der Waals surface area contributed by atoms with Crippen molar-refractivity contribution in [3.8, 4) is 0 Å². The quantitative estimate of drug-likeness (QED) is 0.351. The number of anilines is 1. The van der Waals surface area contributed by atoms with E-state index in [-0.39, 0.29) is 11.6 Å². The molecule has 5 nitrogen and oxygen atoms in total. The summed E-state index contributed by atoms with van der Waals surface area (Å²) in [5, 5.41) is 10.7. The van der Waals surface area contributed by atoms with Gasteiger partial charge in [-0.1, -0.05) is 24.0 Å². The number of amides is 1. The summed E-state index contributed by atoms with van der Waals surface area (Å²) in [6.07, 6.45) is 1.82. The van der Waals surface area contributed by atoms with Crippen LogP contribution in [0.2, 0.25) is 0 Å². The van der Waals surface area contributed by atoms with Gasteiger partial charge in [-0.05, 0) is 37.3 Å². The molecule has 2 aromatic rings. The second-order valence-electron chi connectivity index (χ2n) is 4.74. The van der Waals surface area contributed by atoms with E-state index in [1.165, 1.54) is 45.8 Å². The van der Waals surface area contributed by atoms with Gasteiger partial charge in [0.2, 0.25) is 0 Å². The number of carbonyl (C=O) groups excluding carboxylic acids is 1. The zero-order chi connectivity index (χ0) is 16.6. The van der Waals surface area contributed by atoms with Crippen molar-refractivity contribution < 1.29 is 9.72 Å². The summed E-state index contributed by atoms with van der Waals surface area (Å²) in [5.74, 6) is -0.208. The van der Waals surface area contributed by atoms with E-state index in [1.807, 2.05) is 25.1 Å². The molecule has 0 spiro atoms. The average molecular weight is 362 g/mol. The lowest BCUT2D eigenvalue weighted by Crippen LogP contribution is -2.27. The molecule has 1 saturated heterocycles. The first-order valence-electron chi connectivity index (χ1n) is 6.54. The summed E-state index contributed by atoms with van der Waals surface area (Å²) in [7, 11) is 0. The van der Waals surface area contributed by atoms with Crippen molar-refractivity contribution in [3.05, 3.63) is 61.2 Å². The Morgan fingerprint density at radius 2 is 1.91 bits per heavy atom. The van der Waals surface area contributed by atoms with Crippen LogP contribution >= 0.6 is 35.3 Å². The molecule has 116 valence electrons. The highest BCUT2D eigenvalue weighted by Crippen LogP contribution is 2.37. The minimum Gasteiger partial charge on any atom is -0.268 e. The van der Waals surface area contributed by atoms with Gasteiger partial charge in [-0.25, -0.2) is 0 Å². The van der Waals surface area contributed by atoms with E-state index in [2.05, 4.69) is 0 Å². The number of aryl methyl sites for hydroxylation is 1. The van der Waals surface area contributed by atoms with Crippen LogP contribution in [0, 0.1) is 17.0 Å². The maximum absolute atomic E-state index is 12.6. The zero-order valence-electron chi connectivity index (χ0n) is 11.9. The van der Waals surface area contributed by atoms with Crippen LogP contribution in [0.1, 0.15) is 9.75 Å². The van der Waals surface area contributed by atoms with Crippen LogP contribution in [-0.2, 0) is 4.79 Å². The molecule has 0 bridgehead atoms. The molecule has 0 aliphatic carbocycles. The van der Waals surface area contributed by atoms with Crippen LogP contribution in [-0.4, -0.2) is 15.2 Å². The molecule has 0 N–H and O–H groups in total.